The van der Waals surface area contributed by atoms with Gasteiger partial charge >= 0.3 is 0 Å². The Hall–Kier alpha value is -5.29. The number of fused-ring (bicyclic) bond motifs is 1. The Kier molecular flexibility index (Phi) is 6.66. The molecule has 0 saturated carbocycles. The summed E-state index contributed by atoms with van der Waals surface area (Å²) in [6.45, 7) is 0. The van der Waals surface area contributed by atoms with Crippen molar-refractivity contribution >= 4 is 57.2 Å². The van der Waals surface area contributed by atoms with Gasteiger partial charge in [-0.3, -0.25) is 25.0 Å². The minimum Gasteiger partial charge on any atom is -0.451 e. The van der Waals surface area contributed by atoms with Crippen LogP contribution in [0.5, 0.6) is 0 Å². The number of nitrogens with one attached hydrogen (secondary N) is 3. The third kappa shape index (κ3) is 5.42. The molecule has 0 aliphatic carbocycles. The lowest BCUT2D eigenvalue weighted by molar-refractivity contribution is -0.384. The maximum Gasteiger partial charge on any atom is 0.293 e. The molecule has 0 atom stereocenters. The molecule has 0 fully saturated rings. The number of non-ortho nitro benzene ring substituents is 1. The maximum atomic E-state index is 12.6. The fraction of sp³-hybridized carbons (Fsp3) is 0. The second-order valence-electron chi connectivity index (χ2n) is 8.06. The number of benzene rings is 3. The number of carbonyl (C=O) groups is 2. The Labute approximate surface area is 220 Å². The van der Waals surface area contributed by atoms with Gasteiger partial charge < -0.3 is 19.5 Å². The van der Waals surface area contributed by atoms with Gasteiger partial charge in [0.15, 0.2) is 16.6 Å². The number of anilines is 2. The number of thiocarbonyl (C=S) groups is 1. The van der Waals surface area contributed by atoms with E-state index >= 15 is 0 Å². The van der Waals surface area contributed by atoms with Crippen LogP contribution < -0.4 is 16.0 Å². The van der Waals surface area contributed by atoms with E-state index < -0.39 is 16.7 Å². The van der Waals surface area contributed by atoms with Crippen LogP contribution in [0.2, 0.25) is 0 Å². The molecule has 0 aliphatic rings. The second kappa shape index (κ2) is 10.4. The van der Waals surface area contributed by atoms with Crippen LogP contribution in [0.4, 0.5) is 17.1 Å². The van der Waals surface area contributed by atoms with Gasteiger partial charge in [-0.25, -0.2) is 0 Å². The number of para-hydroxylation sites is 1. The highest BCUT2D eigenvalue weighted by atomic mass is 32.1. The summed E-state index contributed by atoms with van der Waals surface area (Å²) in [5.74, 6) is -0.566. The molecule has 2 aromatic heterocycles. The molecule has 3 aromatic carbocycles. The Morgan fingerprint density at radius 2 is 1.53 bits per heavy atom. The van der Waals surface area contributed by atoms with E-state index in [0.29, 0.717) is 28.3 Å². The van der Waals surface area contributed by atoms with E-state index in [1.807, 2.05) is 18.2 Å². The van der Waals surface area contributed by atoms with Crippen molar-refractivity contribution in [1.82, 2.24) is 5.32 Å². The van der Waals surface area contributed by atoms with Crippen LogP contribution in [0.3, 0.4) is 0 Å². The van der Waals surface area contributed by atoms with Crippen LogP contribution in [0.15, 0.2) is 99.8 Å². The summed E-state index contributed by atoms with van der Waals surface area (Å²) in [6, 6.07) is 24.6. The summed E-state index contributed by atoms with van der Waals surface area (Å²) in [7, 11) is 0. The number of nitro benzene ring substituents is 1. The smallest absolute Gasteiger partial charge is 0.293 e. The first-order valence-corrected chi connectivity index (χ1v) is 11.6. The third-order valence-corrected chi connectivity index (χ3v) is 5.63. The first-order valence-electron chi connectivity index (χ1n) is 11.2. The normalized spacial score (nSPS) is 10.6. The van der Waals surface area contributed by atoms with Gasteiger partial charge in [-0.05, 0) is 54.7 Å². The molecule has 38 heavy (non-hydrogen) atoms. The molecule has 188 valence electrons. The van der Waals surface area contributed by atoms with Crippen LogP contribution in [-0.4, -0.2) is 21.9 Å². The van der Waals surface area contributed by atoms with Crippen LogP contribution in [0.1, 0.15) is 21.1 Å². The topological polar surface area (TPSA) is 140 Å². The first-order chi connectivity index (χ1) is 18.4. The number of carbonyl (C=O) groups excluding carboxylic acids is 2. The minimum absolute atomic E-state index is 0.00376. The van der Waals surface area contributed by atoms with Gasteiger partial charge in [-0.1, -0.05) is 36.4 Å². The summed E-state index contributed by atoms with van der Waals surface area (Å²) < 4.78 is 11.2. The van der Waals surface area contributed by atoms with Gasteiger partial charge in [-0.2, -0.15) is 0 Å². The van der Waals surface area contributed by atoms with Gasteiger partial charge in [0.25, 0.3) is 17.5 Å². The van der Waals surface area contributed by atoms with Crippen molar-refractivity contribution in [2.75, 3.05) is 10.6 Å². The van der Waals surface area contributed by atoms with E-state index in [4.69, 9.17) is 21.1 Å². The standard InChI is InChI=1S/C27H18N4O6S/c32-25(23-12-11-22(36-23)16-6-3-9-20(13-16)31(34)35)30-27(38)29-19-8-4-7-18(15-19)28-26(33)24-14-17-5-1-2-10-21(17)37-24/h1-15H,(H,28,33)(H2,29,30,32,38). The van der Waals surface area contributed by atoms with Crippen molar-refractivity contribution in [3.8, 4) is 11.3 Å². The van der Waals surface area contributed by atoms with Gasteiger partial charge in [0.1, 0.15) is 11.3 Å². The van der Waals surface area contributed by atoms with Gasteiger partial charge in [0.2, 0.25) is 0 Å². The molecule has 0 bridgehead atoms. The lowest BCUT2D eigenvalue weighted by Crippen LogP contribution is -2.33. The number of furan rings is 2. The second-order valence-corrected chi connectivity index (χ2v) is 8.47. The Balaban J connectivity index is 1.20. The van der Waals surface area contributed by atoms with Crippen LogP contribution in [0.25, 0.3) is 22.3 Å². The van der Waals surface area contributed by atoms with E-state index in [-0.39, 0.29) is 22.3 Å². The number of hydrogen-bond acceptors (Lipinski definition) is 7. The minimum atomic E-state index is -0.603. The number of nitro groups is 1. The molecular formula is C27H18N4O6S. The highest BCUT2D eigenvalue weighted by molar-refractivity contribution is 7.80. The monoisotopic (exact) mass is 526 g/mol. The van der Waals surface area contributed by atoms with E-state index in [0.717, 1.165) is 5.39 Å². The van der Waals surface area contributed by atoms with Crippen LogP contribution >= 0.6 is 12.2 Å². The predicted octanol–water partition coefficient (Wildman–Crippen LogP) is 5.98. The maximum absolute atomic E-state index is 12.6. The Morgan fingerprint density at radius 3 is 2.32 bits per heavy atom. The van der Waals surface area contributed by atoms with E-state index in [2.05, 4.69) is 16.0 Å². The van der Waals surface area contributed by atoms with Gasteiger partial charge in [0.05, 0.1) is 4.92 Å². The zero-order valence-electron chi connectivity index (χ0n) is 19.5. The average Bonchev–Trinajstić information content (AvgIpc) is 3.57. The summed E-state index contributed by atoms with van der Waals surface area (Å²) >= 11 is 5.24. The number of nitrogens with zero attached hydrogens (tertiary/aromatic N) is 1. The molecule has 0 unspecified atom stereocenters. The molecule has 5 rings (SSSR count). The van der Waals surface area contributed by atoms with E-state index in [1.54, 1.807) is 48.5 Å². The fourth-order valence-electron chi connectivity index (χ4n) is 3.68. The number of hydrogen-bond donors (Lipinski definition) is 3. The summed E-state index contributed by atoms with van der Waals surface area (Å²) in [5, 5.41) is 20.0. The predicted molar refractivity (Wildman–Crippen MR) is 145 cm³/mol. The molecule has 0 aliphatic heterocycles. The molecule has 2 heterocycles. The molecule has 2 amide bonds. The zero-order chi connectivity index (χ0) is 26.6. The third-order valence-electron chi connectivity index (χ3n) is 5.43. The first kappa shape index (κ1) is 24.4. The highest BCUT2D eigenvalue weighted by Gasteiger charge is 2.16. The van der Waals surface area contributed by atoms with Crippen molar-refractivity contribution < 1.29 is 23.3 Å². The summed E-state index contributed by atoms with van der Waals surface area (Å²) in [6.07, 6.45) is 0. The molecule has 0 spiro atoms. The molecule has 3 N–H and O–H groups in total. The van der Waals surface area contributed by atoms with Crippen LogP contribution in [0, 0.1) is 10.1 Å². The van der Waals surface area contributed by atoms with Crippen molar-refractivity contribution in [1.29, 1.82) is 0 Å². The quantitative estimate of drug-likeness (QED) is 0.139. The Morgan fingerprint density at radius 1 is 0.763 bits per heavy atom. The van der Waals surface area contributed by atoms with Crippen molar-refractivity contribution in [3.63, 3.8) is 0 Å². The van der Waals surface area contributed by atoms with Crippen molar-refractivity contribution in [2.24, 2.45) is 0 Å². The summed E-state index contributed by atoms with van der Waals surface area (Å²) in [4.78, 5) is 35.7. The number of rotatable bonds is 6. The van der Waals surface area contributed by atoms with Gasteiger partial charge in [0, 0.05) is 34.5 Å². The highest BCUT2D eigenvalue weighted by Crippen LogP contribution is 2.26. The molecule has 5 aromatic rings. The van der Waals surface area contributed by atoms with Crippen molar-refractivity contribution in [3.05, 3.63) is 113 Å². The molecule has 0 radical (unpaired) electrons. The Bertz CT molecular complexity index is 1670. The van der Waals surface area contributed by atoms with Gasteiger partial charge in [-0.15, -0.1) is 0 Å². The average molecular weight is 527 g/mol. The van der Waals surface area contributed by atoms with Crippen molar-refractivity contribution in [2.45, 2.75) is 0 Å². The zero-order valence-corrected chi connectivity index (χ0v) is 20.3. The van der Waals surface area contributed by atoms with E-state index in [1.165, 1.54) is 24.3 Å². The lowest BCUT2D eigenvalue weighted by Gasteiger charge is -2.10. The number of amides is 2. The fourth-order valence-corrected chi connectivity index (χ4v) is 3.89. The lowest BCUT2D eigenvalue weighted by atomic mass is 10.1. The molecular weight excluding hydrogens is 508 g/mol. The molecule has 10 nitrogen and oxygen atoms in total. The van der Waals surface area contributed by atoms with E-state index in [9.17, 15) is 19.7 Å². The summed E-state index contributed by atoms with van der Waals surface area (Å²) in [5.41, 5.74) is 1.99. The SMILES string of the molecule is O=C(NC(=S)Nc1cccc(NC(=O)c2cc3ccccc3o2)c1)c1ccc(-c2cccc([N+](=O)[O-])c2)o1. The largest absolute Gasteiger partial charge is 0.451 e. The molecule has 0 saturated heterocycles. The van der Waals surface area contributed by atoms with Crippen LogP contribution in [-0.2, 0) is 0 Å². The molecule has 11 heteroatoms.